The third kappa shape index (κ3) is 3.05. The smallest absolute Gasteiger partial charge is 0.328 e. The fourth-order valence-electron chi connectivity index (χ4n) is 1.70. The van der Waals surface area contributed by atoms with Gasteiger partial charge in [-0.1, -0.05) is 6.92 Å². The quantitative estimate of drug-likeness (QED) is 0.428. The molecule has 0 aliphatic carbocycles. The van der Waals surface area contributed by atoms with Crippen molar-refractivity contribution >= 4 is 23.8 Å². The number of carbonyl (C=O) groups excluding carboxylic acids is 3. The Morgan fingerprint density at radius 3 is 2.45 bits per heavy atom. The van der Waals surface area contributed by atoms with Crippen LogP contribution < -0.4 is 10.6 Å². The molecular formula is C11H17N3O6. The number of imide groups is 1. The van der Waals surface area contributed by atoms with E-state index >= 15 is 0 Å². The van der Waals surface area contributed by atoms with E-state index < -0.39 is 48.5 Å². The molecule has 0 aromatic heterocycles. The van der Waals surface area contributed by atoms with Crippen LogP contribution in [0, 0.1) is 0 Å². The maximum absolute atomic E-state index is 12.0. The molecule has 9 heteroatoms. The van der Waals surface area contributed by atoms with Crippen molar-refractivity contribution in [2.75, 3.05) is 13.2 Å². The van der Waals surface area contributed by atoms with Crippen molar-refractivity contribution in [3.8, 4) is 0 Å². The Morgan fingerprint density at radius 1 is 1.45 bits per heavy atom. The number of aliphatic hydroxyl groups is 1. The van der Waals surface area contributed by atoms with Gasteiger partial charge in [0.15, 0.2) is 0 Å². The Labute approximate surface area is 114 Å². The summed E-state index contributed by atoms with van der Waals surface area (Å²) in [5, 5.41) is 21.9. The van der Waals surface area contributed by atoms with Gasteiger partial charge >= 0.3 is 12.0 Å². The molecule has 1 aliphatic rings. The molecule has 1 fully saturated rings. The summed E-state index contributed by atoms with van der Waals surface area (Å²) in [6.45, 7) is 1.88. The van der Waals surface area contributed by atoms with Crippen molar-refractivity contribution in [2.45, 2.75) is 31.8 Å². The standard InChI is InChI=1S/C11H17N3O6/c1-3-11(2)9(19)14(10(20)13-11)4-7(16)12-6(5-15)8(17)18/h6,15H,3-5H2,1-2H3,(H,12,16)(H,13,20)(H,17,18)/t6-,11?/m1/s1. The number of hydrogen-bond acceptors (Lipinski definition) is 5. The van der Waals surface area contributed by atoms with E-state index in [2.05, 4.69) is 5.32 Å². The molecule has 1 saturated heterocycles. The van der Waals surface area contributed by atoms with Crippen LogP contribution >= 0.6 is 0 Å². The Hall–Kier alpha value is -2.16. The summed E-state index contributed by atoms with van der Waals surface area (Å²) < 4.78 is 0. The Morgan fingerprint density at radius 2 is 2.05 bits per heavy atom. The topological polar surface area (TPSA) is 136 Å². The number of nitrogens with one attached hydrogen (secondary N) is 2. The summed E-state index contributed by atoms with van der Waals surface area (Å²) >= 11 is 0. The first-order valence-electron chi connectivity index (χ1n) is 6.02. The van der Waals surface area contributed by atoms with Gasteiger partial charge < -0.3 is 20.8 Å². The van der Waals surface area contributed by atoms with Crippen molar-refractivity contribution in [2.24, 2.45) is 0 Å². The maximum atomic E-state index is 12.0. The lowest BCUT2D eigenvalue weighted by Crippen LogP contribution is -2.49. The molecular weight excluding hydrogens is 270 g/mol. The second-order valence-corrected chi connectivity index (χ2v) is 4.65. The number of hydrogen-bond donors (Lipinski definition) is 4. The van der Waals surface area contributed by atoms with E-state index in [0.29, 0.717) is 6.42 Å². The van der Waals surface area contributed by atoms with E-state index in [1.165, 1.54) is 0 Å². The van der Waals surface area contributed by atoms with Crippen LogP contribution in [0.5, 0.6) is 0 Å². The molecule has 1 rings (SSSR count). The molecule has 0 bridgehead atoms. The molecule has 4 amide bonds. The first-order chi connectivity index (χ1) is 9.25. The van der Waals surface area contributed by atoms with Gasteiger partial charge in [0, 0.05) is 0 Å². The normalized spacial score (nSPS) is 23.4. The second-order valence-electron chi connectivity index (χ2n) is 4.65. The number of urea groups is 1. The summed E-state index contributed by atoms with van der Waals surface area (Å²) in [6.07, 6.45) is 0.365. The predicted molar refractivity (Wildman–Crippen MR) is 65.6 cm³/mol. The number of carbonyl (C=O) groups is 4. The number of carboxylic acids is 1. The van der Waals surface area contributed by atoms with Crippen molar-refractivity contribution in [1.29, 1.82) is 0 Å². The van der Waals surface area contributed by atoms with E-state index in [1.807, 2.05) is 5.32 Å². The summed E-state index contributed by atoms with van der Waals surface area (Å²) in [4.78, 5) is 46.6. The average molecular weight is 287 g/mol. The first-order valence-corrected chi connectivity index (χ1v) is 6.02. The Bertz CT molecular complexity index is 451. The van der Waals surface area contributed by atoms with E-state index in [9.17, 15) is 19.2 Å². The van der Waals surface area contributed by atoms with E-state index in [4.69, 9.17) is 10.2 Å². The van der Waals surface area contributed by atoms with Gasteiger partial charge in [-0.3, -0.25) is 14.5 Å². The summed E-state index contributed by atoms with van der Waals surface area (Å²) in [5.74, 6) is -2.79. The molecule has 0 aromatic rings. The number of carboxylic acid groups (broad SMARTS) is 1. The SMILES string of the molecule is CCC1(C)NC(=O)N(CC(=O)N[C@H](CO)C(=O)O)C1=O. The Kier molecular flexibility index (Phi) is 4.66. The molecule has 20 heavy (non-hydrogen) atoms. The molecule has 112 valence electrons. The van der Waals surface area contributed by atoms with Gasteiger partial charge in [0.25, 0.3) is 5.91 Å². The minimum atomic E-state index is -1.47. The van der Waals surface area contributed by atoms with Crippen LogP contribution in [-0.4, -0.2) is 63.7 Å². The molecule has 1 unspecified atom stereocenters. The largest absolute Gasteiger partial charge is 0.480 e. The van der Waals surface area contributed by atoms with Crippen molar-refractivity contribution in [3.05, 3.63) is 0 Å². The number of nitrogens with zero attached hydrogens (tertiary/aromatic N) is 1. The number of aliphatic hydroxyl groups excluding tert-OH is 1. The monoisotopic (exact) mass is 287 g/mol. The molecule has 0 radical (unpaired) electrons. The van der Waals surface area contributed by atoms with E-state index in [0.717, 1.165) is 4.90 Å². The molecule has 1 aliphatic heterocycles. The minimum absolute atomic E-state index is 0.365. The molecule has 0 saturated carbocycles. The summed E-state index contributed by atoms with van der Waals surface area (Å²) in [5.41, 5.74) is -1.06. The summed E-state index contributed by atoms with van der Waals surface area (Å²) in [7, 11) is 0. The van der Waals surface area contributed by atoms with Gasteiger partial charge in [-0.25, -0.2) is 9.59 Å². The molecule has 0 spiro atoms. The molecule has 1 heterocycles. The van der Waals surface area contributed by atoms with Crippen LogP contribution in [0.4, 0.5) is 4.79 Å². The second kappa shape index (κ2) is 5.87. The highest BCUT2D eigenvalue weighted by Crippen LogP contribution is 2.20. The molecule has 9 nitrogen and oxygen atoms in total. The highest BCUT2D eigenvalue weighted by atomic mass is 16.4. The predicted octanol–water partition coefficient (Wildman–Crippen LogP) is -1.73. The lowest BCUT2D eigenvalue weighted by molar-refractivity contribution is -0.143. The third-order valence-electron chi connectivity index (χ3n) is 3.17. The lowest BCUT2D eigenvalue weighted by Gasteiger charge is -2.19. The van der Waals surface area contributed by atoms with Gasteiger partial charge in [0.1, 0.15) is 18.1 Å². The minimum Gasteiger partial charge on any atom is -0.480 e. The zero-order valence-corrected chi connectivity index (χ0v) is 11.2. The summed E-state index contributed by atoms with van der Waals surface area (Å²) in [6, 6.07) is -2.17. The number of aliphatic carboxylic acids is 1. The fraction of sp³-hybridized carbons (Fsp3) is 0.636. The van der Waals surface area contributed by atoms with E-state index in [-0.39, 0.29) is 0 Å². The average Bonchev–Trinajstić information content (AvgIpc) is 2.60. The highest BCUT2D eigenvalue weighted by Gasteiger charge is 2.47. The lowest BCUT2D eigenvalue weighted by atomic mass is 9.99. The van der Waals surface area contributed by atoms with Gasteiger partial charge in [0.2, 0.25) is 5.91 Å². The van der Waals surface area contributed by atoms with Gasteiger partial charge in [-0.15, -0.1) is 0 Å². The zero-order chi connectivity index (χ0) is 15.5. The van der Waals surface area contributed by atoms with Gasteiger partial charge in [-0.2, -0.15) is 0 Å². The van der Waals surface area contributed by atoms with Crippen LogP contribution in [0.1, 0.15) is 20.3 Å². The fourth-order valence-corrected chi connectivity index (χ4v) is 1.70. The van der Waals surface area contributed by atoms with Crippen LogP contribution in [0.2, 0.25) is 0 Å². The van der Waals surface area contributed by atoms with Gasteiger partial charge in [-0.05, 0) is 13.3 Å². The zero-order valence-electron chi connectivity index (χ0n) is 11.2. The maximum Gasteiger partial charge on any atom is 0.328 e. The van der Waals surface area contributed by atoms with Crippen LogP contribution in [-0.2, 0) is 14.4 Å². The van der Waals surface area contributed by atoms with Crippen molar-refractivity contribution in [3.63, 3.8) is 0 Å². The molecule has 4 N–H and O–H groups in total. The van der Waals surface area contributed by atoms with Crippen LogP contribution in [0.3, 0.4) is 0 Å². The highest BCUT2D eigenvalue weighted by molar-refractivity contribution is 6.08. The first kappa shape index (κ1) is 15.9. The number of rotatable bonds is 6. The third-order valence-corrected chi connectivity index (χ3v) is 3.17. The van der Waals surface area contributed by atoms with E-state index in [1.54, 1.807) is 13.8 Å². The Balaban J connectivity index is 2.69. The number of amides is 4. The molecule has 2 atom stereocenters. The molecule has 0 aromatic carbocycles. The van der Waals surface area contributed by atoms with Crippen molar-refractivity contribution < 1.29 is 29.4 Å². The van der Waals surface area contributed by atoms with Crippen LogP contribution in [0.25, 0.3) is 0 Å². The van der Waals surface area contributed by atoms with Crippen LogP contribution in [0.15, 0.2) is 0 Å². The van der Waals surface area contributed by atoms with Crippen molar-refractivity contribution in [1.82, 2.24) is 15.5 Å². The van der Waals surface area contributed by atoms with Gasteiger partial charge in [0.05, 0.1) is 6.61 Å².